The second-order valence-corrected chi connectivity index (χ2v) is 5.49. The number of amides is 1. The molecule has 0 heterocycles. The van der Waals surface area contributed by atoms with Crippen LogP contribution in [0.2, 0.25) is 0 Å². The quantitative estimate of drug-likeness (QED) is 0.362. The zero-order chi connectivity index (χ0) is 20.0. The van der Waals surface area contributed by atoms with Gasteiger partial charge in [-0.2, -0.15) is 5.26 Å². The number of hydrogen-bond acceptors (Lipinski definition) is 6. The number of hydrogen-bond donors (Lipinski definition) is 1. The van der Waals surface area contributed by atoms with Crippen molar-refractivity contribution in [1.29, 1.82) is 5.26 Å². The van der Waals surface area contributed by atoms with Gasteiger partial charge in [-0.3, -0.25) is 14.9 Å². The standard InChI is InChI=1S/C19H17N3O5/c1-12-4-6-15(22(24)25)10-16(12)21-19(23)14(11-20)8-13-5-7-17(26-2)18(9-13)27-3/h4-10H,1-3H3,(H,21,23)/b14-8+. The summed E-state index contributed by atoms with van der Waals surface area (Å²) in [7, 11) is 2.98. The predicted molar refractivity (Wildman–Crippen MR) is 99.6 cm³/mol. The molecule has 1 N–H and O–H groups in total. The van der Waals surface area contributed by atoms with Crippen LogP contribution in [0.15, 0.2) is 42.0 Å². The lowest BCUT2D eigenvalue weighted by molar-refractivity contribution is -0.384. The maximum Gasteiger partial charge on any atom is 0.271 e. The maximum absolute atomic E-state index is 12.4. The number of aryl methyl sites for hydroxylation is 1. The SMILES string of the molecule is COc1ccc(/C=C(\C#N)C(=O)Nc2cc([N+](=O)[O-])ccc2C)cc1OC. The second-order valence-electron chi connectivity index (χ2n) is 5.49. The average Bonchev–Trinajstić information content (AvgIpc) is 2.67. The number of nitro groups is 1. The van der Waals surface area contributed by atoms with Crippen molar-refractivity contribution in [2.24, 2.45) is 0 Å². The van der Waals surface area contributed by atoms with Crippen LogP contribution in [0.1, 0.15) is 11.1 Å². The van der Waals surface area contributed by atoms with Gasteiger partial charge in [0, 0.05) is 12.1 Å². The number of nitro benzene ring substituents is 1. The number of carbonyl (C=O) groups excluding carboxylic acids is 1. The fraction of sp³-hybridized carbons (Fsp3) is 0.158. The van der Waals surface area contributed by atoms with Gasteiger partial charge in [-0.05, 0) is 36.3 Å². The Labute approximate surface area is 155 Å². The zero-order valence-electron chi connectivity index (χ0n) is 15.0. The molecule has 0 atom stereocenters. The summed E-state index contributed by atoms with van der Waals surface area (Å²) in [5.41, 5.74) is 1.15. The molecule has 1 amide bonds. The Morgan fingerprint density at radius 2 is 1.89 bits per heavy atom. The Morgan fingerprint density at radius 1 is 1.19 bits per heavy atom. The van der Waals surface area contributed by atoms with E-state index in [0.717, 1.165) is 0 Å². The summed E-state index contributed by atoms with van der Waals surface area (Å²) < 4.78 is 10.3. The van der Waals surface area contributed by atoms with E-state index in [0.29, 0.717) is 22.6 Å². The number of benzene rings is 2. The minimum atomic E-state index is -0.670. The Balaban J connectivity index is 2.31. The molecule has 8 nitrogen and oxygen atoms in total. The molecule has 0 bridgehead atoms. The Morgan fingerprint density at radius 3 is 2.48 bits per heavy atom. The minimum Gasteiger partial charge on any atom is -0.493 e. The van der Waals surface area contributed by atoms with Crippen LogP contribution < -0.4 is 14.8 Å². The Bertz CT molecular complexity index is 960. The van der Waals surface area contributed by atoms with Gasteiger partial charge in [0.15, 0.2) is 11.5 Å². The number of nitrogens with one attached hydrogen (secondary N) is 1. The fourth-order valence-corrected chi connectivity index (χ4v) is 2.31. The molecule has 0 unspecified atom stereocenters. The molecule has 0 aliphatic carbocycles. The number of anilines is 1. The molecule has 0 aromatic heterocycles. The average molecular weight is 367 g/mol. The molecule has 138 valence electrons. The number of non-ortho nitro benzene ring substituents is 1. The van der Waals surface area contributed by atoms with E-state index in [1.54, 1.807) is 25.1 Å². The first-order valence-electron chi connectivity index (χ1n) is 7.79. The van der Waals surface area contributed by atoms with Crippen molar-refractivity contribution >= 4 is 23.4 Å². The van der Waals surface area contributed by atoms with Gasteiger partial charge in [0.2, 0.25) is 0 Å². The van der Waals surface area contributed by atoms with E-state index in [-0.39, 0.29) is 16.9 Å². The lowest BCUT2D eigenvalue weighted by Crippen LogP contribution is -2.14. The molecule has 0 saturated heterocycles. The van der Waals surface area contributed by atoms with Gasteiger partial charge in [0.1, 0.15) is 11.6 Å². The van der Waals surface area contributed by atoms with Crippen molar-refractivity contribution in [2.45, 2.75) is 6.92 Å². The number of rotatable bonds is 6. The molecule has 27 heavy (non-hydrogen) atoms. The number of carbonyl (C=O) groups is 1. The van der Waals surface area contributed by atoms with Crippen LogP contribution in [0.3, 0.4) is 0 Å². The first-order chi connectivity index (χ1) is 12.9. The Hall–Kier alpha value is -3.86. The molecule has 0 fully saturated rings. The van der Waals surface area contributed by atoms with Gasteiger partial charge >= 0.3 is 0 Å². The molecule has 2 rings (SSSR count). The summed E-state index contributed by atoms with van der Waals surface area (Å²) in [4.78, 5) is 22.8. The third-order valence-electron chi connectivity index (χ3n) is 3.76. The number of methoxy groups -OCH3 is 2. The third kappa shape index (κ3) is 4.61. The third-order valence-corrected chi connectivity index (χ3v) is 3.76. The molecule has 0 saturated carbocycles. The van der Waals surface area contributed by atoms with Gasteiger partial charge in [0.05, 0.1) is 24.8 Å². The van der Waals surface area contributed by atoms with Crippen molar-refractivity contribution in [2.75, 3.05) is 19.5 Å². The fourth-order valence-electron chi connectivity index (χ4n) is 2.31. The highest BCUT2D eigenvalue weighted by atomic mass is 16.6. The lowest BCUT2D eigenvalue weighted by Gasteiger charge is -2.09. The topological polar surface area (TPSA) is 114 Å². The summed E-state index contributed by atoms with van der Waals surface area (Å²) >= 11 is 0. The van der Waals surface area contributed by atoms with Crippen molar-refractivity contribution in [3.8, 4) is 17.6 Å². The predicted octanol–water partition coefficient (Wildman–Crippen LogP) is 3.47. The molecule has 0 aliphatic heterocycles. The second kappa shape index (κ2) is 8.49. The van der Waals surface area contributed by atoms with E-state index in [1.807, 2.05) is 6.07 Å². The molecule has 8 heteroatoms. The van der Waals surface area contributed by atoms with Crippen molar-refractivity contribution in [3.63, 3.8) is 0 Å². The summed E-state index contributed by atoms with van der Waals surface area (Å²) in [5, 5.41) is 22.8. The molecular weight excluding hydrogens is 350 g/mol. The summed E-state index contributed by atoms with van der Waals surface area (Å²) in [6.07, 6.45) is 1.39. The van der Waals surface area contributed by atoms with E-state index >= 15 is 0 Å². The normalized spacial score (nSPS) is 10.7. The summed E-state index contributed by atoms with van der Waals surface area (Å²) in [6, 6.07) is 10.9. The molecule has 0 aliphatic rings. The van der Waals surface area contributed by atoms with Crippen LogP contribution in [0, 0.1) is 28.4 Å². The molecule has 0 spiro atoms. The van der Waals surface area contributed by atoms with E-state index in [2.05, 4.69) is 5.32 Å². The van der Waals surface area contributed by atoms with E-state index in [4.69, 9.17) is 9.47 Å². The van der Waals surface area contributed by atoms with Gasteiger partial charge in [-0.15, -0.1) is 0 Å². The minimum absolute atomic E-state index is 0.154. The van der Waals surface area contributed by atoms with E-state index < -0.39 is 10.8 Å². The summed E-state index contributed by atoms with van der Waals surface area (Å²) in [5.74, 6) is 0.305. The van der Waals surface area contributed by atoms with Gasteiger partial charge in [-0.25, -0.2) is 0 Å². The van der Waals surface area contributed by atoms with Gasteiger partial charge in [0.25, 0.3) is 11.6 Å². The smallest absolute Gasteiger partial charge is 0.271 e. The van der Waals surface area contributed by atoms with Gasteiger partial charge in [-0.1, -0.05) is 12.1 Å². The van der Waals surface area contributed by atoms with Crippen LogP contribution in [-0.2, 0) is 4.79 Å². The Kier molecular flexibility index (Phi) is 6.12. The highest BCUT2D eigenvalue weighted by Gasteiger charge is 2.14. The van der Waals surface area contributed by atoms with Crippen molar-refractivity contribution < 1.29 is 19.2 Å². The largest absolute Gasteiger partial charge is 0.493 e. The van der Waals surface area contributed by atoms with E-state index in [9.17, 15) is 20.2 Å². The molecule has 2 aromatic carbocycles. The van der Waals surface area contributed by atoms with Crippen LogP contribution in [0.25, 0.3) is 6.08 Å². The van der Waals surface area contributed by atoms with Crippen molar-refractivity contribution in [1.82, 2.24) is 0 Å². The summed E-state index contributed by atoms with van der Waals surface area (Å²) in [6.45, 7) is 1.70. The number of ether oxygens (including phenoxy) is 2. The highest BCUT2D eigenvalue weighted by molar-refractivity contribution is 6.10. The van der Waals surface area contributed by atoms with Crippen LogP contribution >= 0.6 is 0 Å². The first-order valence-corrected chi connectivity index (χ1v) is 7.79. The van der Waals surface area contributed by atoms with Crippen molar-refractivity contribution in [3.05, 3.63) is 63.2 Å². The maximum atomic E-state index is 12.4. The molecule has 0 radical (unpaired) electrons. The number of nitriles is 1. The van der Waals surface area contributed by atoms with E-state index in [1.165, 1.54) is 38.5 Å². The molecular formula is C19H17N3O5. The lowest BCUT2D eigenvalue weighted by atomic mass is 10.1. The van der Waals surface area contributed by atoms with Gasteiger partial charge < -0.3 is 14.8 Å². The molecule has 2 aromatic rings. The first kappa shape index (κ1) is 19.5. The van der Waals surface area contributed by atoms with Crippen LogP contribution in [0.4, 0.5) is 11.4 Å². The monoisotopic (exact) mass is 367 g/mol. The van der Waals surface area contributed by atoms with Crippen LogP contribution in [-0.4, -0.2) is 25.1 Å². The highest BCUT2D eigenvalue weighted by Crippen LogP contribution is 2.28. The van der Waals surface area contributed by atoms with Crippen LogP contribution in [0.5, 0.6) is 11.5 Å². The zero-order valence-corrected chi connectivity index (χ0v) is 15.0. The number of nitrogens with zero attached hydrogens (tertiary/aromatic N) is 2.